The zero-order valence-electron chi connectivity index (χ0n) is 10.1. The van der Waals surface area contributed by atoms with E-state index in [0.29, 0.717) is 23.6 Å². The molecule has 96 valence electrons. The molecule has 3 rings (SSSR count). The summed E-state index contributed by atoms with van der Waals surface area (Å²) in [5.74, 6) is 0.556. The topological polar surface area (TPSA) is 99.6 Å². The van der Waals surface area contributed by atoms with Crippen LogP contribution in [0.4, 0.5) is 5.69 Å². The summed E-state index contributed by atoms with van der Waals surface area (Å²) in [7, 11) is 0. The summed E-state index contributed by atoms with van der Waals surface area (Å²) in [4.78, 5) is 22.1. The third-order valence-electron chi connectivity index (χ3n) is 2.92. The Morgan fingerprint density at radius 3 is 3.05 bits per heavy atom. The Balaban J connectivity index is 1.83. The molecule has 0 fully saturated rings. The molecule has 0 saturated heterocycles. The number of nitrogens with two attached hydrogens (primary N) is 1. The van der Waals surface area contributed by atoms with Crippen LogP contribution >= 0.6 is 0 Å². The second-order valence-corrected chi connectivity index (χ2v) is 4.23. The number of H-pyrrole nitrogens is 2. The number of imidazole rings is 1. The molecule has 0 spiro atoms. The Labute approximate surface area is 109 Å². The second kappa shape index (κ2) is 4.49. The third-order valence-corrected chi connectivity index (χ3v) is 2.92. The first-order chi connectivity index (χ1) is 9.24. The fourth-order valence-electron chi connectivity index (χ4n) is 1.98. The maximum atomic E-state index is 12.1. The van der Waals surface area contributed by atoms with Crippen molar-refractivity contribution >= 4 is 22.5 Å². The molecule has 6 nitrogen and oxygen atoms in total. The number of carbonyl (C=O) groups is 1. The van der Waals surface area contributed by atoms with Crippen LogP contribution in [-0.4, -0.2) is 20.9 Å². The standard InChI is InChI=1S/C13H13N5O/c14-8-1-2-11-9(5-8)10(6-17-11)13(19)18-7-12-15-3-4-16-12/h1-6,17H,7,14H2,(H,15,16)(H,18,19). The van der Waals surface area contributed by atoms with Crippen molar-refractivity contribution in [2.24, 2.45) is 0 Å². The normalized spacial score (nSPS) is 10.7. The summed E-state index contributed by atoms with van der Waals surface area (Å²) in [5, 5.41) is 3.62. The second-order valence-electron chi connectivity index (χ2n) is 4.23. The SMILES string of the molecule is Nc1ccc2[nH]cc(C(=O)NCc3ncc[nH]3)c2c1. The van der Waals surface area contributed by atoms with Crippen LogP contribution in [0.15, 0.2) is 36.8 Å². The minimum absolute atomic E-state index is 0.159. The molecule has 0 aliphatic rings. The molecule has 0 atom stereocenters. The van der Waals surface area contributed by atoms with E-state index in [4.69, 9.17) is 5.73 Å². The van der Waals surface area contributed by atoms with Gasteiger partial charge in [-0.1, -0.05) is 0 Å². The van der Waals surface area contributed by atoms with E-state index in [2.05, 4.69) is 20.3 Å². The van der Waals surface area contributed by atoms with Gasteiger partial charge in [0.25, 0.3) is 5.91 Å². The number of nitrogens with zero attached hydrogens (tertiary/aromatic N) is 1. The number of nitrogen functional groups attached to an aromatic ring is 1. The molecule has 0 unspecified atom stereocenters. The lowest BCUT2D eigenvalue weighted by atomic mass is 10.1. The van der Waals surface area contributed by atoms with Gasteiger partial charge in [0.2, 0.25) is 0 Å². The molecule has 2 heterocycles. The van der Waals surface area contributed by atoms with Gasteiger partial charge in [0.15, 0.2) is 0 Å². The largest absolute Gasteiger partial charge is 0.399 e. The van der Waals surface area contributed by atoms with E-state index < -0.39 is 0 Å². The molecule has 0 saturated carbocycles. The molecule has 6 heteroatoms. The Morgan fingerprint density at radius 2 is 2.26 bits per heavy atom. The summed E-state index contributed by atoms with van der Waals surface area (Å²) in [6, 6.07) is 5.44. The third kappa shape index (κ3) is 2.15. The molecular formula is C13H13N5O. The van der Waals surface area contributed by atoms with Gasteiger partial charge in [-0.25, -0.2) is 4.98 Å². The van der Waals surface area contributed by atoms with Crippen LogP contribution in [0.1, 0.15) is 16.2 Å². The van der Waals surface area contributed by atoms with Gasteiger partial charge < -0.3 is 21.0 Å². The van der Waals surface area contributed by atoms with Crippen molar-refractivity contribution < 1.29 is 4.79 Å². The zero-order chi connectivity index (χ0) is 13.2. The summed E-state index contributed by atoms with van der Waals surface area (Å²) >= 11 is 0. The van der Waals surface area contributed by atoms with Crippen LogP contribution in [0.3, 0.4) is 0 Å². The maximum Gasteiger partial charge on any atom is 0.253 e. The average molecular weight is 255 g/mol. The van der Waals surface area contributed by atoms with E-state index in [0.717, 1.165) is 10.9 Å². The number of fused-ring (bicyclic) bond motifs is 1. The van der Waals surface area contributed by atoms with E-state index in [1.54, 1.807) is 30.7 Å². The highest BCUT2D eigenvalue weighted by atomic mass is 16.1. The molecule has 2 aromatic heterocycles. The van der Waals surface area contributed by atoms with E-state index >= 15 is 0 Å². The fraction of sp³-hybridized carbons (Fsp3) is 0.0769. The van der Waals surface area contributed by atoms with Crippen molar-refractivity contribution in [1.29, 1.82) is 0 Å². The molecule has 1 aromatic carbocycles. The van der Waals surface area contributed by atoms with Gasteiger partial charge in [-0.05, 0) is 18.2 Å². The molecule has 0 aliphatic heterocycles. The van der Waals surface area contributed by atoms with Gasteiger partial charge in [-0.3, -0.25) is 4.79 Å². The number of aromatic amines is 2. The fourth-order valence-corrected chi connectivity index (χ4v) is 1.98. The minimum atomic E-state index is -0.159. The lowest BCUT2D eigenvalue weighted by Crippen LogP contribution is -2.23. The van der Waals surface area contributed by atoms with E-state index in [1.165, 1.54) is 0 Å². The quantitative estimate of drug-likeness (QED) is 0.532. The van der Waals surface area contributed by atoms with E-state index in [9.17, 15) is 4.79 Å². The van der Waals surface area contributed by atoms with Crippen molar-refractivity contribution in [2.45, 2.75) is 6.54 Å². The van der Waals surface area contributed by atoms with Gasteiger partial charge >= 0.3 is 0 Å². The maximum absolute atomic E-state index is 12.1. The number of anilines is 1. The molecular weight excluding hydrogens is 242 g/mol. The van der Waals surface area contributed by atoms with Gasteiger partial charge in [-0.2, -0.15) is 0 Å². The summed E-state index contributed by atoms with van der Waals surface area (Å²) in [5.41, 5.74) is 7.84. The number of hydrogen-bond acceptors (Lipinski definition) is 3. The molecule has 3 aromatic rings. The minimum Gasteiger partial charge on any atom is -0.399 e. The number of hydrogen-bond donors (Lipinski definition) is 4. The Hall–Kier alpha value is -2.76. The van der Waals surface area contributed by atoms with Crippen LogP contribution in [0.5, 0.6) is 0 Å². The Kier molecular flexibility index (Phi) is 2.68. The average Bonchev–Trinajstić information content (AvgIpc) is 3.04. The number of nitrogens with one attached hydrogen (secondary N) is 3. The molecule has 0 bridgehead atoms. The number of benzene rings is 1. The van der Waals surface area contributed by atoms with Crippen LogP contribution in [0, 0.1) is 0 Å². The number of aromatic nitrogens is 3. The first-order valence-corrected chi connectivity index (χ1v) is 5.87. The highest BCUT2D eigenvalue weighted by molar-refractivity contribution is 6.07. The van der Waals surface area contributed by atoms with Crippen LogP contribution in [0.25, 0.3) is 10.9 Å². The highest BCUT2D eigenvalue weighted by Crippen LogP contribution is 2.20. The zero-order valence-corrected chi connectivity index (χ0v) is 10.1. The first kappa shape index (κ1) is 11.3. The summed E-state index contributed by atoms with van der Waals surface area (Å²) in [6.45, 7) is 0.362. The molecule has 0 radical (unpaired) electrons. The Morgan fingerprint density at radius 1 is 1.37 bits per heavy atom. The van der Waals surface area contributed by atoms with Gasteiger partial charge in [0.1, 0.15) is 5.82 Å². The van der Waals surface area contributed by atoms with Gasteiger partial charge in [0.05, 0.1) is 12.1 Å². The van der Waals surface area contributed by atoms with Crippen molar-refractivity contribution in [1.82, 2.24) is 20.3 Å². The smallest absolute Gasteiger partial charge is 0.253 e. The number of amides is 1. The van der Waals surface area contributed by atoms with Crippen molar-refractivity contribution in [3.63, 3.8) is 0 Å². The first-order valence-electron chi connectivity index (χ1n) is 5.87. The van der Waals surface area contributed by atoms with Gasteiger partial charge in [0, 0.05) is 35.2 Å². The molecule has 19 heavy (non-hydrogen) atoms. The van der Waals surface area contributed by atoms with Crippen molar-refractivity contribution in [2.75, 3.05) is 5.73 Å². The Bertz CT molecular complexity index is 714. The summed E-state index contributed by atoms with van der Waals surface area (Å²) in [6.07, 6.45) is 5.04. The lowest BCUT2D eigenvalue weighted by Gasteiger charge is -2.02. The van der Waals surface area contributed by atoms with Crippen molar-refractivity contribution in [3.8, 4) is 0 Å². The number of rotatable bonds is 3. The van der Waals surface area contributed by atoms with E-state index in [1.807, 2.05) is 6.07 Å². The monoisotopic (exact) mass is 255 g/mol. The lowest BCUT2D eigenvalue weighted by molar-refractivity contribution is 0.0951. The van der Waals surface area contributed by atoms with Crippen molar-refractivity contribution in [3.05, 3.63) is 48.2 Å². The highest BCUT2D eigenvalue weighted by Gasteiger charge is 2.12. The van der Waals surface area contributed by atoms with Crippen LogP contribution < -0.4 is 11.1 Å². The predicted molar refractivity (Wildman–Crippen MR) is 72.5 cm³/mol. The number of carbonyl (C=O) groups excluding carboxylic acids is 1. The molecule has 1 amide bonds. The molecule has 5 N–H and O–H groups in total. The molecule has 0 aliphatic carbocycles. The summed E-state index contributed by atoms with van der Waals surface area (Å²) < 4.78 is 0. The van der Waals surface area contributed by atoms with Crippen LogP contribution in [0.2, 0.25) is 0 Å². The van der Waals surface area contributed by atoms with Gasteiger partial charge in [-0.15, -0.1) is 0 Å². The van der Waals surface area contributed by atoms with Crippen LogP contribution in [-0.2, 0) is 6.54 Å². The van der Waals surface area contributed by atoms with E-state index in [-0.39, 0.29) is 5.91 Å². The predicted octanol–water partition coefficient (Wildman–Crippen LogP) is 1.40.